The third-order valence-corrected chi connectivity index (χ3v) is 3.66. The standard InChI is InChI=1S/C13H19N5O/c1-14-8-10-2-5-18(6-3-10)13-15-12(16-17-13)11-4-7-19-9-11/h4,7,9-10,14H,2-3,5-6,8H2,1H3,(H,15,16,17). The molecule has 1 fully saturated rings. The Balaban J connectivity index is 1.64. The van der Waals surface area contributed by atoms with Gasteiger partial charge >= 0.3 is 0 Å². The minimum Gasteiger partial charge on any atom is -0.472 e. The number of H-pyrrole nitrogens is 1. The van der Waals surface area contributed by atoms with Gasteiger partial charge in [0.25, 0.3) is 0 Å². The highest BCUT2D eigenvalue weighted by molar-refractivity contribution is 5.54. The van der Waals surface area contributed by atoms with Gasteiger partial charge in [-0.1, -0.05) is 0 Å². The number of hydrogen-bond donors (Lipinski definition) is 2. The average Bonchev–Trinajstić information content (AvgIpc) is 3.11. The molecule has 6 nitrogen and oxygen atoms in total. The van der Waals surface area contributed by atoms with Crippen molar-refractivity contribution in [1.29, 1.82) is 0 Å². The van der Waals surface area contributed by atoms with E-state index >= 15 is 0 Å². The quantitative estimate of drug-likeness (QED) is 0.873. The highest BCUT2D eigenvalue weighted by atomic mass is 16.3. The third kappa shape index (κ3) is 2.63. The van der Waals surface area contributed by atoms with Crippen LogP contribution in [0.3, 0.4) is 0 Å². The number of hydrogen-bond acceptors (Lipinski definition) is 5. The molecule has 2 aromatic rings. The molecule has 0 unspecified atom stereocenters. The number of nitrogens with zero attached hydrogens (tertiary/aromatic N) is 3. The van der Waals surface area contributed by atoms with E-state index in [1.54, 1.807) is 12.5 Å². The highest BCUT2D eigenvalue weighted by Crippen LogP contribution is 2.22. The van der Waals surface area contributed by atoms with Gasteiger partial charge in [-0.25, -0.2) is 0 Å². The first-order chi connectivity index (χ1) is 9.36. The fourth-order valence-electron chi connectivity index (χ4n) is 2.55. The molecule has 0 bridgehead atoms. The maximum absolute atomic E-state index is 5.06. The minimum absolute atomic E-state index is 0.765. The second kappa shape index (κ2) is 5.44. The Labute approximate surface area is 112 Å². The summed E-state index contributed by atoms with van der Waals surface area (Å²) < 4.78 is 5.06. The van der Waals surface area contributed by atoms with E-state index in [9.17, 15) is 0 Å². The second-order valence-electron chi connectivity index (χ2n) is 4.98. The minimum atomic E-state index is 0.765. The number of furan rings is 1. The van der Waals surface area contributed by atoms with Crippen molar-refractivity contribution < 1.29 is 4.42 Å². The first-order valence-electron chi connectivity index (χ1n) is 6.71. The van der Waals surface area contributed by atoms with Crippen molar-refractivity contribution in [2.24, 2.45) is 5.92 Å². The summed E-state index contributed by atoms with van der Waals surface area (Å²) in [6.45, 7) is 3.14. The lowest BCUT2D eigenvalue weighted by atomic mass is 9.97. The van der Waals surface area contributed by atoms with Crippen LogP contribution in [0.4, 0.5) is 5.95 Å². The van der Waals surface area contributed by atoms with Crippen LogP contribution in [-0.2, 0) is 0 Å². The van der Waals surface area contributed by atoms with Crippen molar-refractivity contribution in [3.63, 3.8) is 0 Å². The van der Waals surface area contributed by atoms with E-state index in [0.29, 0.717) is 0 Å². The van der Waals surface area contributed by atoms with E-state index < -0.39 is 0 Å². The topological polar surface area (TPSA) is 70.0 Å². The lowest BCUT2D eigenvalue weighted by Gasteiger charge is -2.30. The molecular weight excluding hydrogens is 242 g/mol. The lowest BCUT2D eigenvalue weighted by Crippen LogP contribution is -2.37. The zero-order valence-electron chi connectivity index (χ0n) is 11.1. The summed E-state index contributed by atoms with van der Waals surface area (Å²) in [5.41, 5.74) is 0.934. The predicted molar refractivity (Wildman–Crippen MR) is 72.9 cm³/mol. The molecule has 6 heteroatoms. The molecule has 19 heavy (non-hydrogen) atoms. The van der Waals surface area contributed by atoms with Crippen LogP contribution < -0.4 is 10.2 Å². The van der Waals surface area contributed by atoms with Crippen LogP contribution in [0.25, 0.3) is 11.4 Å². The van der Waals surface area contributed by atoms with E-state index in [1.807, 2.05) is 13.1 Å². The monoisotopic (exact) mass is 261 g/mol. The molecular formula is C13H19N5O. The van der Waals surface area contributed by atoms with E-state index in [-0.39, 0.29) is 0 Å². The van der Waals surface area contributed by atoms with Crippen molar-refractivity contribution in [1.82, 2.24) is 20.5 Å². The lowest BCUT2D eigenvalue weighted by molar-refractivity contribution is 0.391. The Morgan fingerprint density at radius 1 is 1.47 bits per heavy atom. The molecule has 0 amide bonds. The van der Waals surface area contributed by atoms with Gasteiger partial charge in [-0.15, -0.1) is 5.10 Å². The van der Waals surface area contributed by atoms with Crippen molar-refractivity contribution in [2.45, 2.75) is 12.8 Å². The molecule has 0 radical (unpaired) electrons. The van der Waals surface area contributed by atoms with E-state index in [4.69, 9.17) is 4.42 Å². The fourth-order valence-corrected chi connectivity index (χ4v) is 2.55. The van der Waals surface area contributed by atoms with Crippen LogP contribution in [0.2, 0.25) is 0 Å². The molecule has 2 aromatic heterocycles. The summed E-state index contributed by atoms with van der Waals surface area (Å²) in [6.07, 6.45) is 5.69. The maximum atomic E-state index is 5.06. The summed E-state index contributed by atoms with van der Waals surface area (Å²) in [5, 5.41) is 10.5. The Hall–Kier alpha value is -1.82. The van der Waals surface area contributed by atoms with E-state index in [0.717, 1.165) is 42.9 Å². The molecule has 0 aromatic carbocycles. The van der Waals surface area contributed by atoms with Crippen LogP contribution in [0.5, 0.6) is 0 Å². The smallest absolute Gasteiger partial charge is 0.245 e. The Kier molecular flexibility index (Phi) is 3.50. The first-order valence-corrected chi connectivity index (χ1v) is 6.71. The number of nitrogens with one attached hydrogen (secondary N) is 2. The number of piperidine rings is 1. The van der Waals surface area contributed by atoms with Crippen LogP contribution in [0, 0.1) is 5.92 Å². The molecule has 0 saturated carbocycles. The van der Waals surface area contributed by atoms with Crippen molar-refractivity contribution >= 4 is 5.95 Å². The van der Waals surface area contributed by atoms with Gasteiger partial charge in [0.2, 0.25) is 5.95 Å². The second-order valence-corrected chi connectivity index (χ2v) is 4.98. The van der Waals surface area contributed by atoms with Gasteiger partial charge < -0.3 is 14.6 Å². The first kappa shape index (κ1) is 12.2. The van der Waals surface area contributed by atoms with Gasteiger partial charge in [0.15, 0.2) is 5.82 Å². The zero-order chi connectivity index (χ0) is 13.1. The maximum Gasteiger partial charge on any atom is 0.245 e. The zero-order valence-corrected chi connectivity index (χ0v) is 11.1. The molecule has 102 valence electrons. The van der Waals surface area contributed by atoms with Gasteiger partial charge in [0.05, 0.1) is 11.8 Å². The summed E-state index contributed by atoms with van der Waals surface area (Å²) in [5.74, 6) is 2.33. The van der Waals surface area contributed by atoms with Crippen LogP contribution in [0.15, 0.2) is 23.0 Å². The summed E-state index contributed by atoms with van der Waals surface area (Å²) in [6, 6.07) is 1.88. The molecule has 0 atom stereocenters. The molecule has 3 heterocycles. The van der Waals surface area contributed by atoms with Crippen molar-refractivity contribution in [3.8, 4) is 11.4 Å². The summed E-state index contributed by atoms with van der Waals surface area (Å²) in [4.78, 5) is 6.77. The SMILES string of the molecule is CNCC1CCN(c2n[nH]c(-c3ccoc3)n2)CC1. The van der Waals surface area contributed by atoms with Gasteiger partial charge in [0.1, 0.15) is 6.26 Å². The Morgan fingerprint density at radius 3 is 3.00 bits per heavy atom. The van der Waals surface area contributed by atoms with Gasteiger partial charge in [0, 0.05) is 13.1 Å². The highest BCUT2D eigenvalue weighted by Gasteiger charge is 2.21. The van der Waals surface area contributed by atoms with Crippen LogP contribution in [0.1, 0.15) is 12.8 Å². The fraction of sp³-hybridized carbons (Fsp3) is 0.538. The molecule has 3 rings (SSSR count). The number of aromatic amines is 1. The van der Waals surface area contributed by atoms with Crippen LogP contribution >= 0.6 is 0 Å². The Morgan fingerprint density at radius 2 is 2.32 bits per heavy atom. The van der Waals surface area contributed by atoms with Crippen LogP contribution in [-0.4, -0.2) is 41.9 Å². The number of anilines is 1. The molecule has 0 spiro atoms. The van der Waals surface area contributed by atoms with Crippen molar-refractivity contribution in [2.75, 3.05) is 31.6 Å². The molecule has 1 aliphatic heterocycles. The molecule has 2 N–H and O–H groups in total. The largest absolute Gasteiger partial charge is 0.472 e. The summed E-state index contributed by atoms with van der Waals surface area (Å²) in [7, 11) is 2.01. The third-order valence-electron chi connectivity index (χ3n) is 3.66. The van der Waals surface area contributed by atoms with Crippen molar-refractivity contribution in [3.05, 3.63) is 18.6 Å². The van der Waals surface area contributed by atoms with Gasteiger partial charge in [-0.2, -0.15) is 4.98 Å². The average molecular weight is 261 g/mol. The predicted octanol–water partition coefficient (Wildman–Crippen LogP) is 1.50. The molecule has 0 aliphatic carbocycles. The molecule has 1 saturated heterocycles. The normalized spacial score (nSPS) is 17.0. The molecule has 1 aliphatic rings. The Bertz CT molecular complexity index is 499. The van der Waals surface area contributed by atoms with Gasteiger partial charge in [-0.05, 0) is 38.4 Å². The van der Waals surface area contributed by atoms with E-state index in [1.165, 1.54) is 12.8 Å². The van der Waals surface area contributed by atoms with E-state index in [2.05, 4.69) is 25.4 Å². The summed E-state index contributed by atoms with van der Waals surface area (Å²) >= 11 is 0. The number of rotatable bonds is 4. The number of aromatic nitrogens is 3. The van der Waals surface area contributed by atoms with Gasteiger partial charge in [-0.3, -0.25) is 5.10 Å².